The van der Waals surface area contributed by atoms with Crippen LogP contribution in [-0.2, 0) is 4.74 Å². The van der Waals surface area contributed by atoms with Crippen molar-refractivity contribution in [1.29, 1.82) is 0 Å². The Hall–Kier alpha value is -1.07. The highest BCUT2D eigenvalue weighted by Gasteiger charge is 2.16. The standard InChI is InChI=1S/C16H31N3O2/c1-16(2,3)21-15(20)18-10-6-5-9-17-13-14-7-11-19(4)12-8-14/h5-6,14,17H,7-13H2,1-4H3,(H,18,20)/b6-5+. The maximum absolute atomic E-state index is 11.4. The van der Waals surface area contributed by atoms with Crippen LogP contribution in [0.2, 0.25) is 0 Å². The number of alkyl carbamates (subject to hydrolysis) is 1. The largest absolute Gasteiger partial charge is 0.444 e. The molecule has 1 fully saturated rings. The van der Waals surface area contributed by atoms with E-state index < -0.39 is 5.60 Å². The Bertz CT molecular complexity index is 329. The van der Waals surface area contributed by atoms with Gasteiger partial charge in [-0.1, -0.05) is 12.2 Å². The minimum atomic E-state index is -0.441. The zero-order chi connectivity index (χ0) is 15.7. The predicted molar refractivity (Wildman–Crippen MR) is 86.5 cm³/mol. The van der Waals surface area contributed by atoms with Crippen LogP contribution in [0.4, 0.5) is 4.79 Å². The Kier molecular flexibility index (Phi) is 7.75. The lowest BCUT2D eigenvalue weighted by atomic mass is 9.97. The van der Waals surface area contributed by atoms with Crippen molar-refractivity contribution < 1.29 is 9.53 Å². The lowest BCUT2D eigenvalue weighted by molar-refractivity contribution is 0.0534. The van der Waals surface area contributed by atoms with Crippen LogP contribution in [0.3, 0.4) is 0 Å². The molecule has 0 aromatic heterocycles. The van der Waals surface area contributed by atoms with Gasteiger partial charge in [0.15, 0.2) is 0 Å². The van der Waals surface area contributed by atoms with Crippen molar-refractivity contribution in [2.24, 2.45) is 5.92 Å². The minimum Gasteiger partial charge on any atom is -0.444 e. The van der Waals surface area contributed by atoms with Crippen molar-refractivity contribution in [3.8, 4) is 0 Å². The molecule has 0 saturated carbocycles. The van der Waals surface area contributed by atoms with E-state index in [2.05, 4.69) is 22.6 Å². The van der Waals surface area contributed by atoms with E-state index in [9.17, 15) is 4.79 Å². The third-order valence-electron chi connectivity index (χ3n) is 3.46. The summed E-state index contributed by atoms with van der Waals surface area (Å²) >= 11 is 0. The van der Waals surface area contributed by atoms with Gasteiger partial charge in [-0.3, -0.25) is 0 Å². The molecule has 0 bridgehead atoms. The molecular weight excluding hydrogens is 266 g/mol. The van der Waals surface area contributed by atoms with Gasteiger partial charge in [0.1, 0.15) is 5.60 Å². The topological polar surface area (TPSA) is 53.6 Å². The van der Waals surface area contributed by atoms with Gasteiger partial charge in [0.05, 0.1) is 0 Å². The molecule has 1 aliphatic rings. The molecule has 0 unspecified atom stereocenters. The number of nitrogens with one attached hydrogen (secondary N) is 2. The van der Waals surface area contributed by atoms with Crippen molar-refractivity contribution in [2.75, 3.05) is 39.8 Å². The number of nitrogens with zero attached hydrogens (tertiary/aromatic N) is 1. The second kappa shape index (κ2) is 9.05. The molecule has 1 heterocycles. The highest BCUT2D eigenvalue weighted by molar-refractivity contribution is 5.67. The first-order chi connectivity index (χ1) is 9.87. The summed E-state index contributed by atoms with van der Waals surface area (Å²) in [5.41, 5.74) is -0.441. The molecule has 21 heavy (non-hydrogen) atoms. The second-order valence-corrected chi connectivity index (χ2v) is 6.76. The van der Waals surface area contributed by atoms with Crippen LogP contribution in [0.15, 0.2) is 12.2 Å². The fourth-order valence-corrected chi connectivity index (χ4v) is 2.26. The van der Waals surface area contributed by atoms with Gasteiger partial charge in [-0.25, -0.2) is 4.79 Å². The van der Waals surface area contributed by atoms with Gasteiger partial charge in [-0.15, -0.1) is 0 Å². The Morgan fingerprint density at radius 3 is 2.48 bits per heavy atom. The Morgan fingerprint density at radius 1 is 1.24 bits per heavy atom. The van der Waals surface area contributed by atoms with Crippen molar-refractivity contribution in [1.82, 2.24) is 15.5 Å². The summed E-state index contributed by atoms with van der Waals surface area (Å²) in [5, 5.41) is 6.15. The van der Waals surface area contributed by atoms with Crippen molar-refractivity contribution in [3.63, 3.8) is 0 Å². The molecule has 1 amide bonds. The smallest absolute Gasteiger partial charge is 0.407 e. The van der Waals surface area contributed by atoms with Crippen LogP contribution in [0.25, 0.3) is 0 Å². The summed E-state index contributed by atoms with van der Waals surface area (Å²) < 4.78 is 5.15. The quantitative estimate of drug-likeness (QED) is 0.581. The predicted octanol–water partition coefficient (Wildman–Crippen LogP) is 2.00. The van der Waals surface area contributed by atoms with Gasteiger partial charge in [0.25, 0.3) is 0 Å². The van der Waals surface area contributed by atoms with Crippen molar-refractivity contribution in [3.05, 3.63) is 12.2 Å². The number of hydrogen-bond acceptors (Lipinski definition) is 4. The van der Waals surface area contributed by atoms with Crippen LogP contribution in [0.5, 0.6) is 0 Å². The molecule has 5 nitrogen and oxygen atoms in total. The molecule has 0 spiro atoms. The first-order valence-electron chi connectivity index (χ1n) is 7.88. The summed E-state index contributed by atoms with van der Waals surface area (Å²) in [6.45, 7) is 10.4. The minimum absolute atomic E-state index is 0.369. The summed E-state index contributed by atoms with van der Waals surface area (Å²) in [5.74, 6) is 0.800. The first kappa shape index (κ1) is 18.0. The number of carbonyl (C=O) groups excluding carboxylic acids is 1. The van der Waals surface area contributed by atoms with E-state index in [0.717, 1.165) is 19.0 Å². The molecule has 2 N–H and O–H groups in total. The number of rotatable bonds is 6. The van der Waals surface area contributed by atoms with Gasteiger partial charge in [-0.05, 0) is 66.2 Å². The van der Waals surface area contributed by atoms with Crippen LogP contribution in [-0.4, -0.2) is 56.4 Å². The summed E-state index contributed by atoms with van der Waals surface area (Å²) in [6, 6.07) is 0. The van der Waals surface area contributed by atoms with Gasteiger partial charge in [0.2, 0.25) is 0 Å². The number of piperidine rings is 1. The van der Waals surface area contributed by atoms with E-state index in [1.165, 1.54) is 25.9 Å². The van der Waals surface area contributed by atoms with E-state index in [1.807, 2.05) is 32.9 Å². The number of ether oxygens (including phenoxy) is 1. The Morgan fingerprint density at radius 2 is 1.86 bits per heavy atom. The van der Waals surface area contributed by atoms with Crippen LogP contribution in [0.1, 0.15) is 33.6 Å². The average molecular weight is 297 g/mol. The van der Waals surface area contributed by atoms with Crippen molar-refractivity contribution >= 4 is 6.09 Å². The summed E-state index contributed by atoms with van der Waals surface area (Å²) in [6.07, 6.45) is 6.20. The van der Waals surface area contributed by atoms with Gasteiger partial charge >= 0.3 is 6.09 Å². The highest BCUT2D eigenvalue weighted by Crippen LogP contribution is 2.14. The monoisotopic (exact) mass is 297 g/mol. The molecule has 0 aromatic rings. The molecule has 1 saturated heterocycles. The fraction of sp³-hybridized carbons (Fsp3) is 0.812. The van der Waals surface area contributed by atoms with Gasteiger partial charge < -0.3 is 20.3 Å². The molecule has 1 rings (SSSR count). The Balaban J connectivity index is 1.99. The maximum atomic E-state index is 11.4. The summed E-state index contributed by atoms with van der Waals surface area (Å²) in [4.78, 5) is 13.8. The molecule has 122 valence electrons. The van der Waals surface area contributed by atoms with Crippen LogP contribution in [0, 0.1) is 5.92 Å². The lowest BCUT2D eigenvalue weighted by Crippen LogP contribution is -2.35. The van der Waals surface area contributed by atoms with Gasteiger partial charge in [0, 0.05) is 13.1 Å². The molecule has 0 radical (unpaired) electrons. The Labute approximate surface area is 129 Å². The third kappa shape index (κ3) is 9.47. The summed E-state index contributed by atoms with van der Waals surface area (Å²) in [7, 11) is 2.18. The first-order valence-corrected chi connectivity index (χ1v) is 7.88. The number of likely N-dealkylation sites (tertiary alicyclic amines) is 1. The molecule has 5 heteroatoms. The van der Waals surface area contributed by atoms with E-state index in [4.69, 9.17) is 4.74 Å². The highest BCUT2D eigenvalue weighted by atomic mass is 16.6. The van der Waals surface area contributed by atoms with Crippen LogP contribution < -0.4 is 10.6 Å². The van der Waals surface area contributed by atoms with E-state index >= 15 is 0 Å². The zero-order valence-corrected chi connectivity index (χ0v) is 13.9. The zero-order valence-electron chi connectivity index (χ0n) is 13.9. The molecule has 0 atom stereocenters. The normalized spacial score (nSPS) is 18.1. The third-order valence-corrected chi connectivity index (χ3v) is 3.46. The van der Waals surface area contributed by atoms with Crippen molar-refractivity contribution in [2.45, 2.75) is 39.2 Å². The SMILES string of the molecule is CN1CCC(CNC/C=C/CNC(=O)OC(C)(C)C)CC1. The number of amides is 1. The maximum Gasteiger partial charge on any atom is 0.407 e. The number of carbonyl (C=O) groups is 1. The molecule has 0 aliphatic carbocycles. The molecule has 1 aliphatic heterocycles. The van der Waals surface area contributed by atoms with E-state index in [0.29, 0.717) is 6.54 Å². The van der Waals surface area contributed by atoms with Crippen LogP contribution >= 0.6 is 0 Å². The second-order valence-electron chi connectivity index (χ2n) is 6.76. The fourth-order valence-electron chi connectivity index (χ4n) is 2.26. The lowest BCUT2D eigenvalue weighted by Gasteiger charge is -2.28. The molecular formula is C16H31N3O2. The van der Waals surface area contributed by atoms with E-state index in [-0.39, 0.29) is 6.09 Å². The molecule has 0 aromatic carbocycles. The van der Waals surface area contributed by atoms with Gasteiger partial charge in [-0.2, -0.15) is 0 Å². The average Bonchev–Trinajstić information content (AvgIpc) is 2.37. The van der Waals surface area contributed by atoms with E-state index in [1.54, 1.807) is 0 Å². The number of hydrogen-bond donors (Lipinski definition) is 2.